The normalized spacial score (nSPS) is 40.1. The lowest BCUT2D eigenvalue weighted by atomic mass is 9.47. The Morgan fingerprint density at radius 2 is 2.00 bits per heavy atom. The van der Waals surface area contributed by atoms with Crippen LogP contribution in [0.2, 0.25) is 0 Å². The van der Waals surface area contributed by atoms with Crippen LogP contribution in [0.1, 0.15) is 102 Å². The van der Waals surface area contributed by atoms with E-state index in [0.717, 1.165) is 87.8 Å². The number of hydrogen-bond donors (Lipinski definition) is 4. The van der Waals surface area contributed by atoms with Crippen LogP contribution >= 0.6 is 21.6 Å². The van der Waals surface area contributed by atoms with Crippen LogP contribution in [0.5, 0.6) is 0 Å². The summed E-state index contributed by atoms with van der Waals surface area (Å²) in [6.07, 6.45) is 10.6. The molecule has 0 aromatic heterocycles. The van der Waals surface area contributed by atoms with Crippen molar-refractivity contribution in [3.05, 3.63) is 46.5 Å². The molecule has 2 heterocycles. The molecule has 2 aliphatic heterocycles. The summed E-state index contributed by atoms with van der Waals surface area (Å²) < 4.78 is 0. The highest BCUT2D eigenvalue weighted by Crippen LogP contribution is 2.75. The maximum Gasteiger partial charge on any atom is 0.189 e. The topological polar surface area (TPSA) is 108 Å². The van der Waals surface area contributed by atoms with Gasteiger partial charge in [0.15, 0.2) is 11.7 Å². The quantitative estimate of drug-likeness (QED) is 0.232. The number of nitrogens with two attached hydrogens (primary N) is 1. The number of benzene rings is 1. The van der Waals surface area contributed by atoms with Crippen molar-refractivity contribution in [2.75, 3.05) is 31.3 Å². The molecule has 4 aliphatic carbocycles. The summed E-state index contributed by atoms with van der Waals surface area (Å²) in [5, 5.41) is 24.4. The van der Waals surface area contributed by atoms with Crippen molar-refractivity contribution in [1.82, 2.24) is 5.32 Å². The Morgan fingerprint density at radius 1 is 1.15 bits per heavy atom. The number of ketones is 1. The molecule has 0 amide bonds. The van der Waals surface area contributed by atoms with E-state index in [9.17, 15) is 15.0 Å². The fourth-order valence-electron chi connectivity index (χ4n) is 12.1. The van der Waals surface area contributed by atoms with Gasteiger partial charge in [-0.15, -0.1) is 0 Å². The molecule has 47 heavy (non-hydrogen) atoms. The van der Waals surface area contributed by atoms with E-state index in [1.165, 1.54) is 16.7 Å². The standard InChI is InChI=1S/C39H57N3O3S2/c1-24(2)16-25-6-4-7-26(17-25)30-11-9-28-10-12-31-33-19-29-18-27(22-44)32(8-5-14-43)38(33,20-35(31)45)37(29,3)13-15-46-47-23-39(28)34(30)21-41-36(40)42-39/h4,6-7,17,24,27-30,32,34,43-44H,5,8-16,18-23H2,1-3H3,(H3,40,41,42). The lowest BCUT2D eigenvalue weighted by molar-refractivity contribution is -0.125. The number of aliphatic hydroxyl groups excluding tert-OH is 2. The van der Waals surface area contributed by atoms with Gasteiger partial charge in [-0.1, -0.05) is 72.2 Å². The van der Waals surface area contributed by atoms with Gasteiger partial charge in [0, 0.05) is 49.0 Å². The van der Waals surface area contributed by atoms with Gasteiger partial charge >= 0.3 is 0 Å². The van der Waals surface area contributed by atoms with Gasteiger partial charge in [-0.05, 0) is 122 Å². The van der Waals surface area contributed by atoms with Crippen molar-refractivity contribution in [1.29, 1.82) is 0 Å². The predicted octanol–water partition coefficient (Wildman–Crippen LogP) is 6.90. The molecular formula is C39H57N3O3S2. The van der Waals surface area contributed by atoms with Crippen molar-refractivity contribution in [2.24, 2.45) is 57.1 Å². The van der Waals surface area contributed by atoms with Gasteiger partial charge in [0.2, 0.25) is 0 Å². The van der Waals surface area contributed by atoms with Crippen LogP contribution in [0, 0.1) is 46.3 Å². The Morgan fingerprint density at radius 3 is 2.79 bits per heavy atom. The van der Waals surface area contributed by atoms with Gasteiger partial charge in [0.05, 0.1) is 5.54 Å². The number of hydrogen-bond acceptors (Lipinski definition) is 8. The van der Waals surface area contributed by atoms with Crippen molar-refractivity contribution in [3.8, 4) is 0 Å². The summed E-state index contributed by atoms with van der Waals surface area (Å²) in [5.41, 5.74) is 11.8. The van der Waals surface area contributed by atoms with E-state index in [4.69, 9.17) is 10.7 Å². The summed E-state index contributed by atoms with van der Waals surface area (Å²) in [6, 6.07) is 9.35. The zero-order valence-corrected chi connectivity index (χ0v) is 30.4. The maximum absolute atomic E-state index is 14.3. The second kappa shape index (κ2) is 13.3. The van der Waals surface area contributed by atoms with E-state index in [2.05, 4.69) is 50.4 Å². The average Bonchev–Trinajstić information content (AvgIpc) is 3.38. The number of nitrogens with one attached hydrogen (secondary N) is 1. The Hall–Kier alpha value is -1.48. The van der Waals surface area contributed by atoms with E-state index in [1.54, 1.807) is 0 Å². The molecule has 8 heteroatoms. The highest BCUT2D eigenvalue weighted by Gasteiger charge is 2.69. The second-order valence-electron chi connectivity index (χ2n) is 16.6. The van der Waals surface area contributed by atoms with Crippen molar-refractivity contribution in [3.63, 3.8) is 0 Å². The molecule has 6 nitrogen and oxygen atoms in total. The minimum Gasteiger partial charge on any atom is -0.396 e. The Kier molecular flexibility index (Phi) is 9.64. The van der Waals surface area contributed by atoms with E-state index in [-0.39, 0.29) is 41.4 Å². The number of carbonyl (C=O) groups is 1. The molecule has 258 valence electrons. The van der Waals surface area contributed by atoms with Gasteiger partial charge in [-0.3, -0.25) is 9.79 Å². The molecule has 3 saturated carbocycles. The SMILES string of the molecule is CC(C)Cc1cccc(C2CCC3CCC4=C5CC6CC(CO)C(CCCO)C5(CC4=O)C6(C)CCSSCC34NC(N)=NCC24)c1. The van der Waals surface area contributed by atoms with E-state index < -0.39 is 0 Å². The Balaban J connectivity index is 1.25. The molecule has 7 rings (SSSR count). The third-order valence-electron chi connectivity index (χ3n) is 14.1. The average molecular weight is 680 g/mol. The minimum absolute atomic E-state index is 0.0486. The summed E-state index contributed by atoms with van der Waals surface area (Å²) >= 11 is 0. The van der Waals surface area contributed by atoms with Gasteiger partial charge < -0.3 is 21.3 Å². The summed E-state index contributed by atoms with van der Waals surface area (Å²) in [6.45, 7) is 8.20. The molecule has 1 aromatic rings. The first-order chi connectivity index (χ1) is 22.7. The van der Waals surface area contributed by atoms with E-state index >= 15 is 0 Å². The summed E-state index contributed by atoms with van der Waals surface area (Å²) in [7, 11) is 4.05. The number of rotatable bonds is 7. The number of aliphatic hydroxyl groups is 2. The first-order valence-electron chi connectivity index (χ1n) is 18.6. The van der Waals surface area contributed by atoms with Crippen LogP contribution in [-0.4, -0.2) is 58.8 Å². The first-order valence-corrected chi connectivity index (χ1v) is 21.0. The third kappa shape index (κ3) is 5.54. The maximum atomic E-state index is 14.3. The molecule has 5 bridgehead atoms. The Bertz CT molecular complexity index is 1410. The number of nitrogens with zero attached hydrogens (tertiary/aromatic N) is 1. The minimum atomic E-state index is -0.163. The zero-order valence-electron chi connectivity index (χ0n) is 28.8. The summed E-state index contributed by atoms with van der Waals surface area (Å²) in [5.74, 6) is 5.81. The molecule has 9 atom stereocenters. The zero-order chi connectivity index (χ0) is 33.0. The molecule has 1 aromatic carbocycles. The largest absolute Gasteiger partial charge is 0.396 e. The number of guanidine groups is 1. The Labute approximate surface area is 290 Å². The lowest BCUT2D eigenvalue weighted by Crippen LogP contribution is -2.68. The lowest BCUT2D eigenvalue weighted by Gasteiger charge is -2.57. The molecule has 3 fully saturated rings. The fraction of sp³-hybridized carbons (Fsp3) is 0.744. The predicted molar refractivity (Wildman–Crippen MR) is 195 cm³/mol. The highest BCUT2D eigenvalue weighted by atomic mass is 33.1. The number of aliphatic imine (C=N–C) groups is 1. The fourth-order valence-corrected chi connectivity index (χ4v) is 14.9. The number of carbonyl (C=O) groups excluding carboxylic acids is 1. The third-order valence-corrected chi connectivity index (χ3v) is 16.6. The number of allylic oxidation sites excluding steroid dienone is 2. The van der Waals surface area contributed by atoms with Crippen LogP contribution in [0.4, 0.5) is 0 Å². The molecule has 0 radical (unpaired) electrons. The first kappa shape index (κ1) is 34.0. The molecule has 0 saturated heterocycles. The molecular weight excluding hydrogens is 623 g/mol. The van der Waals surface area contributed by atoms with Crippen molar-refractivity contribution < 1.29 is 15.0 Å². The van der Waals surface area contributed by atoms with Crippen molar-refractivity contribution >= 4 is 33.3 Å². The molecule has 6 aliphatic rings. The van der Waals surface area contributed by atoms with Crippen LogP contribution in [-0.2, 0) is 11.2 Å². The van der Waals surface area contributed by atoms with Gasteiger partial charge in [-0.2, -0.15) is 0 Å². The van der Waals surface area contributed by atoms with E-state index in [0.29, 0.717) is 47.8 Å². The van der Waals surface area contributed by atoms with Crippen LogP contribution in [0.3, 0.4) is 0 Å². The van der Waals surface area contributed by atoms with E-state index in [1.807, 2.05) is 21.6 Å². The van der Waals surface area contributed by atoms with Gasteiger partial charge in [-0.25, -0.2) is 0 Å². The van der Waals surface area contributed by atoms with Crippen molar-refractivity contribution in [2.45, 2.75) is 103 Å². The van der Waals surface area contributed by atoms with Gasteiger partial charge in [0.1, 0.15) is 0 Å². The highest BCUT2D eigenvalue weighted by molar-refractivity contribution is 8.76. The van der Waals surface area contributed by atoms with Gasteiger partial charge in [0.25, 0.3) is 0 Å². The molecule has 2 spiro atoms. The van der Waals surface area contributed by atoms with Crippen LogP contribution in [0.15, 0.2) is 40.4 Å². The smallest absolute Gasteiger partial charge is 0.189 e. The van der Waals surface area contributed by atoms with Crippen LogP contribution in [0.25, 0.3) is 0 Å². The summed E-state index contributed by atoms with van der Waals surface area (Å²) in [4.78, 5) is 19.1. The second-order valence-corrected chi connectivity index (χ2v) is 19.2. The molecule has 5 N–H and O–H groups in total. The number of Topliss-reactive ketones (excluding diaryl/α,β-unsaturated/α-hetero) is 1. The monoisotopic (exact) mass is 679 g/mol. The molecule has 9 unspecified atom stereocenters. The van der Waals surface area contributed by atoms with Crippen LogP contribution < -0.4 is 11.1 Å².